The van der Waals surface area contributed by atoms with Gasteiger partial charge in [-0.15, -0.1) is 0 Å². The number of nitrogen functional groups attached to an aromatic ring is 1. The van der Waals surface area contributed by atoms with E-state index in [0.717, 1.165) is 6.07 Å². The number of hydrogen-bond acceptors (Lipinski definition) is 3. The van der Waals surface area contributed by atoms with E-state index < -0.39 is 15.8 Å². The van der Waals surface area contributed by atoms with E-state index in [1.807, 2.05) is 0 Å². The lowest BCUT2D eigenvalue weighted by Gasteiger charge is -2.12. The van der Waals surface area contributed by atoms with Crippen molar-refractivity contribution in [3.05, 3.63) is 51.2 Å². The Morgan fingerprint density at radius 3 is 2.52 bits per heavy atom. The summed E-state index contributed by atoms with van der Waals surface area (Å²) in [6.45, 7) is 1.66. The first-order chi connectivity index (χ1) is 9.70. The van der Waals surface area contributed by atoms with Crippen LogP contribution in [0.4, 0.5) is 15.8 Å². The number of anilines is 2. The number of nitrogens with one attached hydrogen (secondary N) is 1. The second-order valence-electron chi connectivity index (χ2n) is 4.37. The highest BCUT2D eigenvalue weighted by atomic mass is 79.9. The zero-order chi connectivity index (χ0) is 15.8. The Morgan fingerprint density at radius 2 is 1.95 bits per heavy atom. The largest absolute Gasteiger partial charge is 0.397 e. The fraction of sp³-hybridized carbons (Fsp3) is 0.0769. The molecule has 0 heterocycles. The Bertz CT molecular complexity index is 789. The third kappa shape index (κ3) is 3.48. The maximum Gasteiger partial charge on any atom is 0.262 e. The van der Waals surface area contributed by atoms with Gasteiger partial charge in [0.05, 0.1) is 21.3 Å². The topological polar surface area (TPSA) is 72.2 Å². The predicted octanol–water partition coefficient (Wildman–Crippen LogP) is 3.93. The summed E-state index contributed by atoms with van der Waals surface area (Å²) in [6, 6.07) is 6.33. The standard InChI is InChI=1S/C13H11BrClFN2O2S/c1-7-4-9(6-11(17)13(7)15)21(19,20)18-12-3-2-8(16)5-10(12)14/h2-6,18H,17H2,1H3. The number of nitrogens with two attached hydrogens (primary N) is 1. The Labute approximate surface area is 135 Å². The van der Waals surface area contributed by atoms with E-state index in [1.165, 1.54) is 24.3 Å². The summed E-state index contributed by atoms with van der Waals surface area (Å²) < 4.78 is 40.3. The van der Waals surface area contributed by atoms with Crippen LogP contribution in [-0.4, -0.2) is 8.42 Å². The predicted molar refractivity (Wildman–Crippen MR) is 85.5 cm³/mol. The fourth-order valence-corrected chi connectivity index (χ4v) is 3.58. The molecule has 0 aliphatic carbocycles. The van der Waals surface area contributed by atoms with Crippen LogP contribution in [0.3, 0.4) is 0 Å². The summed E-state index contributed by atoms with van der Waals surface area (Å²) in [6.07, 6.45) is 0. The van der Waals surface area contributed by atoms with Crippen LogP contribution in [-0.2, 0) is 10.0 Å². The van der Waals surface area contributed by atoms with Gasteiger partial charge in [0.15, 0.2) is 0 Å². The summed E-state index contributed by atoms with van der Waals surface area (Å²) >= 11 is 9.01. The summed E-state index contributed by atoms with van der Waals surface area (Å²) in [5, 5.41) is 0.317. The van der Waals surface area contributed by atoms with Crippen LogP contribution in [0.5, 0.6) is 0 Å². The lowest BCUT2D eigenvalue weighted by molar-refractivity contribution is 0.601. The maximum absolute atomic E-state index is 13.0. The number of rotatable bonds is 3. The van der Waals surface area contributed by atoms with Gasteiger partial charge >= 0.3 is 0 Å². The first-order valence-corrected chi connectivity index (χ1v) is 8.39. The number of benzene rings is 2. The highest BCUT2D eigenvalue weighted by Gasteiger charge is 2.18. The van der Waals surface area contributed by atoms with Gasteiger partial charge in [-0.2, -0.15) is 0 Å². The van der Waals surface area contributed by atoms with E-state index in [-0.39, 0.29) is 16.3 Å². The quantitative estimate of drug-likeness (QED) is 0.776. The molecule has 21 heavy (non-hydrogen) atoms. The van der Waals surface area contributed by atoms with Gasteiger partial charge in [0.25, 0.3) is 10.0 Å². The van der Waals surface area contributed by atoms with Gasteiger partial charge in [-0.05, 0) is 58.7 Å². The van der Waals surface area contributed by atoms with Crippen LogP contribution in [0.15, 0.2) is 39.7 Å². The fourth-order valence-electron chi connectivity index (χ4n) is 1.69. The molecule has 2 aromatic carbocycles. The molecule has 0 aliphatic rings. The molecule has 0 spiro atoms. The molecule has 0 saturated heterocycles. The van der Waals surface area contributed by atoms with Crippen molar-refractivity contribution in [3.63, 3.8) is 0 Å². The van der Waals surface area contributed by atoms with Crippen molar-refractivity contribution < 1.29 is 12.8 Å². The zero-order valence-electron chi connectivity index (χ0n) is 10.8. The van der Waals surface area contributed by atoms with Gasteiger partial charge in [-0.1, -0.05) is 11.6 Å². The van der Waals surface area contributed by atoms with Gasteiger partial charge < -0.3 is 5.73 Å². The Morgan fingerprint density at radius 1 is 1.29 bits per heavy atom. The van der Waals surface area contributed by atoms with Gasteiger partial charge in [-0.3, -0.25) is 4.72 Å². The molecule has 0 aliphatic heterocycles. The van der Waals surface area contributed by atoms with Gasteiger partial charge in [0, 0.05) is 4.47 Å². The van der Waals surface area contributed by atoms with Crippen molar-refractivity contribution in [3.8, 4) is 0 Å². The molecule has 112 valence electrons. The molecule has 0 amide bonds. The van der Waals surface area contributed by atoms with E-state index in [9.17, 15) is 12.8 Å². The minimum atomic E-state index is -3.85. The van der Waals surface area contributed by atoms with Crippen LogP contribution in [0.25, 0.3) is 0 Å². The van der Waals surface area contributed by atoms with E-state index in [4.69, 9.17) is 17.3 Å². The second kappa shape index (κ2) is 5.82. The molecule has 0 unspecified atom stereocenters. The first-order valence-electron chi connectivity index (χ1n) is 5.74. The first kappa shape index (κ1) is 16.1. The van der Waals surface area contributed by atoms with Crippen LogP contribution >= 0.6 is 27.5 Å². The molecule has 0 atom stereocenters. The van der Waals surface area contributed by atoms with Crippen LogP contribution in [0, 0.1) is 12.7 Å². The summed E-state index contributed by atoms with van der Waals surface area (Å²) in [4.78, 5) is -0.0156. The molecule has 2 aromatic rings. The van der Waals surface area contributed by atoms with E-state index >= 15 is 0 Å². The smallest absolute Gasteiger partial charge is 0.262 e. The molecule has 0 fully saturated rings. The maximum atomic E-state index is 13.0. The van der Waals surface area contributed by atoms with Crippen LogP contribution in [0.1, 0.15) is 5.56 Å². The van der Waals surface area contributed by atoms with Gasteiger partial charge in [0.2, 0.25) is 0 Å². The average Bonchev–Trinajstić information content (AvgIpc) is 2.38. The highest BCUT2D eigenvalue weighted by Crippen LogP contribution is 2.29. The van der Waals surface area contributed by atoms with Crippen LogP contribution < -0.4 is 10.5 Å². The number of halogens is 3. The highest BCUT2D eigenvalue weighted by molar-refractivity contribution is 9.10. The van der Waals surface area contributed by atoms with Gasteiger partial charge in [-0.25, -0.2) is 12.8 Å². The second-order valence-corrected chi connectivity index (χ2v) is 7.29. The van der Waals surface area contributed by atoms with E-state index in [0.29, 0.717) is 15.1 Å². The van der Waals surface area contributed by atoms with E-state index in [2.05, 4.69) is 20.7 Å². The van der Waals surface area contributed by atoms with Crippen molar-refractivity contribution in [1.29, 1.82) is 0 Å². The lowest BCUT2D eigenvalue weighted by Crippen LogP contribution is -2.14. The molecule has 0 bridgehead atoms. The summed E-state index contributed by atoms with van der Waals surface area (Å²) in [7, 11) is -3.85. The van der Waals surface area contributed by atoms with Crippen LogP contribution in [0.2, 0.25) is 5.02 Å². The summed E-state index contributed by atoms with van der Waals surface area (Å²) in [5.41, 5.74) is 6.63. The number of hydrogen-bond donors (Lipinski definition) is 2. The third-order valence-corrected chi connectivity index (χ3v) is 5.26. The monoisotopic (exact) mass is 392 g/mol. The van der Waals surface area contributed by atoms with Gasteiger partial charge in [0.1, 0.15) is 5.82 Å². The average molecular weight is 394 g/mol. The molecule has 2 rings (SSSR count). The molecule has 3 N–H and O–H groups in total. The normalized spacial score (nSPS) is 11.4. The lowest BCUT2D eigenvalue weighted by atomic mass is 10.2. The summed E-state index contributed by atoms with van der Waals surface area (Å²) in [5.74, 6) is -0.476. The molecule has 4 nitrogen and oxygen atoms in total. The van der Waals surface area contributed by atoms with Crippen molar-refractivity contribution in [2.45, 2.75) is 11.8 Å². The third-order valence-electron chi connectivity index (χ3n) is 2.74. The Balaban J connectivity index is 2.43. The molecule has 0 radical (unpaired) electrons. The van der Waals surface area contributed by atoms with Crippen molar-refractivity contribution >= 4 is 48.9 Å². The SMILES string of the molecule is Cc1cc(S(=O)(=O)Nc2ccc(F)cc2Br)cc(N)c1Cl. The van der Waals surface area contributed by atoms with Crippen molar-refractivity contribution in [2.75, 3.05) is 10.5 Å². The number of sulfonamides is 1. The molecular weight excluding hydrogens is 383 g/mol. The minimum Gasteiger partial charge on any atom is -0.397 e. The Hall–Kier alpha value is -1.31. The zero-order valence-corrected chi connectivity index (χ0v) is 14.0. The van der Waals surface area contributed by atoms with Crippen molar-refractivity contribution in [2.24, 2.45) is 0 Å². The van der Waals surface area contributed by atoms with Crippen molar-refractivity contribution in [1.82, 2.24) is 0 Å². The molecule has 0 saturated carbocycles. The number of aryl methyl sites for hydroxylation is 1. The Kier molecular flexibility index (Phi) is 4.46. The molecular formula is C13H11BrClFN2O2S. The molecule has 0 aromatic heterocycles. The minimum absolute atomic E-state index is 0.0156. The molecule has 8 heteroatoms. The van der Waals surface area contributed by atoms with E-state index in [1.54, 1.807) is 6.92 Å².